The van der Waals surface area contributed by atoms with E-state index < -0.39 is 11.9 Å². The molecule has 140 valence electrons. The van der Waals surface area contributed by atoms with Crippen LogP contribution in [-0.2, 0) is 9.59 Å². The van der Waals surface area contributed by atoms with Gasteiger partial charge in [-0.2, -0.15) is 0 Å². The molecule has 0 aliphatic rings. The van der Waals surface area contributed by atoms with Crippen LogP contribution >= 0.6 is 75.5 Å². The number of hydrogen-bond donors (Lipinski definition) is 0. The summed E-state index contributed by atoms with van der Waals surface area (Å²) >= 11 is 14.5. The van der Waals surface area contributed by atoms with Gasteiger partial charge in [-0.15, -0.1) is 0 Å². The van der Waals surface area contributed by atoms with E-state index in [2.05, 4.69) is 63.7 Å². The van der Waals surface area contributed by atoms with Crippen molar-refractivity contribution in [3.63, 3.8) is 0 Å². The number of carbonyl (C=O) groups excluding carboxylic acids is 2. The third kappa shape index (κ3) is 7.23. The van der Waals surface area contributed by atoms with Crippen molar-refractivity contribution in [3.8, 4) is 11.5 Å². The number of esters is 2. The summed E-state index contributed by atoms with van der Waals surface area (Å²) in [5.41, 5.74) is 0. The van der Waals surface area contributed by atoms with Gasteiger partial charge in [-0.25, -0.2) is 9.59 Å². The second-order valence-corrected chi connectivity index (χ2v) is 8.56. The molecule has 2 aromatic carbocycles. The van der Waals surface area contributed by atoms with Crippen molar-refractivity contribution in [2.45, 2.75) is 9.79 Å². The van der Waals surface area contributed by atoms with Crippen LogP contribution in [0.5, 0.6) is 11.5 Å². The molecule has 4 nitrogen and oxygen atoms in total. The van der Waals surface area contributed by atoms with E-state index in [1.165, 1.54) is 33.9 Å². The minimum atomic E-state index is -0.471. The third-order valence-corrected chi connectivity index (χ3v) is 6.38. The summed E-state index contributed by atoms with van der Waals surface area (Å²) in [5, 5.41) is 0. The smallest absolute Gasteiger partial charge is 0.336 e. The van der Waals surface area contributed by atoms with Crippen LogP contribution in [0, 0.1) is 0 Å². The van der Waals surface area contributed by atoms with E-state index in [1.807, 2.05) is 12.1 Å². The van der Waals surface area contributed by atoms with E-state index in [0.717, 1.165) is 18.7 Å². The van der Waals surface area contributed by atoms with Crippen LogP contribution in [0.4, 0.5) is 0 Å². The standard InChI is InChI=1S/C18H10Br4O4S/c19-7-5-17(23)25-11-1-3-15(13(21)9-11)27-16-4-2-12(10-14(16)22)26-18(24)6-8-20/h1-10H. The van der Waals surface area contributed by atoms with Gasteiger partial charge >= 0.3 is 11.9 Å². The molecule has 0 saturated heterocycles. The molecule has 0 radical (unpaired) electrons. The van der Waals surface area contributed by atoms with Gasteiger partial charge in [0.25, 0.3) is 0 Å². The van der Waals surface area contributed by atoms with Crippen LogP contribution in [0.2, 0.25) is 0 Å². The quantitative estimate of drug-likeness (QED) is 0.193. The minimum absolute atomic E-state index is 0.433. The predicted molar refractivity (Wildman–Crippen MR) is 120 cm³/mol. The molecule has 2 rings (SSSR count). The lowest BCUT2D eigenvalue weighted by Gasteiger charge is -2.10. The molecule has 0 atom stereocenters. The average molecular weight is 642 g/mol. The van der Waals surface area contributed by atoms with Crippen LogP contribution in [0.15, 0.2) is 77.3 Å². The molecule has 0 aliphatic carbocycles. The second kappa shape index (κ2) is 11.2. The van der Waals surface area contributed by atoms with E-state index in [9.17, 15) is 9.59 Å². The van der Waals surface area contributed by atoms with E-state index in [1.54, 1.807) is 24.3 Å². The zero-order valence-corrected chi connectivity index (χ0v) is 20.5. The Labute approximate surface area is 193 Å². The summed E-state index contributed by atoms with van der Waals surface area (Å²) in [6.07, 6.45) is 2.55. The number of carbonyl (C=O) groups is 2. The Kier molecular flexibility index (Phi) is 9.31. The Morgan fingerprint density at radius 1 is 0.778 bits per heavy atom. The highest BCUT2D eigenvalue weighted by atomic mass is 79.9. The molecule has 0 spiro atoms. The maximum atomic E-state index is 11.5. The van der Waals surface area contributed by atoms with Crippen LogP contribution in [0.25, 0.3) is 0 Å². The van der Waals surface area contributed by atoms with Gasteiger partial charge < -0.3 is 9.47 Å². The van der Waals surface area contributed by atoms with Gasteiger partial charge in [-0.1, -0.05) is 43.6 Å². The molecular weight excluding hydrogens is 632 g/mol. The first kappa shape index (κ1) is 22.4. The Hall–Kier alpha value is -0.870. The molecule has 0 bridgehead atoms. The highest BCUT2D eigenvalue weighted by molar-refractivity contribution is 9.11. The molecule has 0 fully saturated rings. The van der Waals surface area contributed by atoms with Crippen molar-refractivity contribution >= 4 is 87.4 Å². The number of benzene rings is 2. The van der Waals surface area contributed by atoms with Gasteiger partial charge in [0, 0.05) is 30.9 Å². The van der Waals surface area contributed by atoms with Crippen molar-refractivity contribution < 1.29 is 19.1 Å². The average Bonchev–Trinajstić information content (AvgIpc) is 2.59. The van der Waals surface area contributed by atoms with Gasteiger partial charge in [-0.3, -0.25) is 0 Å². The van der Waals surface area contributed by atoms with E-state index in [-0.39, 0.29) is 0 Å². The molecule has 0 heterocycles. The Morgan fingerprint density at radius 3 is 1.52 bits per heavy atom. The van der Waals surface area contributed by atoms with E-state index in [4.69, 9.17) is 9.47 Å². The molecule has 9 heteroatoms. The van der Waals surface area contributed by atoms with Crippen molar-refractivity contribution in [1.29, 1.82) is 0 Å². The first-order valence-corrected chi connectivity index (χ1v) is 11.4. The number of hydrogen-bond acceptors (Lipinski definition) is 5. The minimum Gasteiger partial charge on any atom is -0.423 e. The zero-order valence-electron chi connectivity index (χ0n) is 13.3. The molecule has 0 aliphatic heterocycles. The van der Waals surface area contributed by atoms with Crippen LogP contribution < -0.4 is 9.47 Å². The summed E-state index contributed by atoms with van der Waals surface area (Å²) in [6.45, 7) is 0. The molecule has 0 amide bonds. The summed E-state index contributed by atoms with van der Waals surface area (Å²) in [5.74, 6) is -0.0744. The normalized spacial score (nSPS) is 11.1. The predicted octanol–water partition coefficient (Wildman–Crippen LogP) is 6.99. The van der Waals surface area contributed by atoms with Crippen LogP contribution in [-0.4, -0.2) is 11.9 Å². The first-order valence-electron chi connectivity index (χ1n) is 7.17. The SMILES string of the molecule is O=C(C=CBr)Oc1ccc(Sc2ccc(OC(=O)C=CBr)cc2Br)c(Br)c1. The molecule has 0 aromatic heterocycles. The topological polar surface area (TPSA) is 52.6 Å². The maximum absolute atomic E-state index is 11.5. The molecular formula is C18H10Br4O4S. The lowest BCUT2D eigenvalue weighted by molar-refractivity contribution is -0.129. The van der Waals surface area contributed by atoms with Gasteiger partial charge in [0.1, 0.15) is 11.5 Å². The largest absolute Gasteiger partial charge is 0.423 e. The summed E-state index contributed by atoms with van der Waals surface area (Å²) in [7, 11) is 0. The van der Waals surface area contributed by atoms with Crippen LogP contribution in [0.3, 0.4) is 0 Å². The lowest BCUT2D eigenvalue weighted by Crippen LogP contribution is -2.03. The molecule has 0 unspecified atom stereocenters. The third-order valence-electron chi connectivity index (χ3n) is 2.86. The zero-order chi connectivity index (χ0) is 19.8. The van der Waals surface area contributed by atoms with Gasteiger partial charge in [-0.05, 0) is 78.2 Å². The number of ether oxygens (including phenoxy) is 2. The van der Waals surface area contributed by atoms with Gasteiger partial charge in [0.05, 0.1) is 0 Å². The molecule has 2 aromatic rings. The molecule has 27 heavy (non-hydrogen) atoms. The van der Waals surface area contributed by atoms with Crippen LogP contribution in [0.1, 0.15) is 0 Å². The van der Waals surface area contributed by atoms with Crippen molar-refractivity contribution in [1.82, 2.24) is 0 Å². The summed E-state index contributed by atoms with van der Waals surface area (Å²) in [4.78, 5) is 27.7. The summed E-state index contributed by atoms with van der Waals surface area (Å²) < 4.78 is 11.9. The van der Waals surface area contributed by atoms with Crippen molar-refractivity contribution in [2.24, 2.45) is 0 Å². The van der Waals surface area contributed by atoms with Gasteiger partial charge in [0.15, 0.2) is 0 Å². The maximum Gasteiger partial charge on any atom is 0.336 e. The highest BCUT2D eigenvalue weighted by Gasteiger charge is 2.10. The molecule has 0 N–H and O–H groups in total. The summed E-state index contributed by atoms with van der Waals surface area (Å²) in [6, 6.07) is 10.6. The Morgan fingerprint density at radius 2 is 1.19 bits per heavy atom. The molecule has 0 saturated carbocycles. The van der Waals surface area contributed by atoms with Gasteiger partial charge in [0.2, 0.25) is 0 Å². The van der Waals surface area contributed by atoms with Crippen molar-refractivity contribution in [3.05, 3.63) is 67.5 Å². The highest BCUT2D eigenvalue weighted by Crippen LogP contribution is 2.40. The fourth-order valence-corrected chi connectivity index (χ4v) is 4.23. The fourth-order valence-electron chi connectivity index (χ4n) is 1.78. The van der Waals surface area contributed by atoms with Crippen molar-refractivity contribution in [2.75, 3.05) is 0 Å². The first-order chi connectivity index (χ1) is 12.9. The Bertz CT molecular complexity index is 839. The monoisotopic (exact) mass is 638 g/mol. The fraction of sp³-hybridized carbons (Fsp3) is 0. The lowest BCUT2D eigenvalue weighted by atomic mass is 10.3. The number of halogens is 4. The second-order valence-electron chi connectivity index (χ2n) is 4.71. The van der Waals surface area contributed by atoms with E-state index >= 15 is 0 Å². The van der Waals surface area contributed by atoms with E-state index in [0.29, 0.717) is 11.5 Å². The number of rotatable bonds is 6. The Balaban J connectivity index is 2.12.